The fraction of sp³-hybridized carbons (Fsp3) is 0.300. The summed E-state index contributed by atoms with van der Waals surface area (Å²) in [5, 5.41) is 4.06. The zero-order chi connectivity index (χ0) is 17.8. The number of hydrogen-bond acceptors (Lipinski definition) is 4. The van der Waals surface area contributed by atoms with Gasteiger partial charge in [0.1, 0.15) is 5.82 Å². The zero-order valence-corrected chi connectivity index (χ0v) is 14.6. The highest BCUT2D eigenvalue weighted by Crippen LogP contribution is 2.17. The predicted octanol–water partition coefficient (Wildman–Crippen LogP) is 2.90. The van der Waals surface area contributed by atoms with E-state index in [-0.39, 0.29) is 5.91 Å². The number of aromatic nitrogens is 2. The van der Waals surface area contributed by atoms with E-state index in [9.17, 15) is 4.79 Å². The monoisotopic (exact) mass is 350 g/mol. The Balaban J connectivity index is 1.33. The van der Waals surface area contributed by atoms with Crippen molar-refractivity contribution in [3.8, 4) is 0 Å². The molecule has 0 unspecified atom stereocenters. The Morgan fingerprint density at radius 3 is 2.77 bits per heavy atom. The largest absolute Gasteiger partial charge is 0.378 e. The number of carbonyl (C=O) groups excluding carboxylic acids is 1. The van der Waals surface area contributed by atoms with Gasteiger partial charge in [0.05, 0.1) is 25.1 Å². The number of nitrogens with zero attached hydrogens (tertiary/aromatic N) is 3. The topological polar surface area (TPSA) is 59.4 Å². The molecule has 0 aliphatic carbocycles. The molecule has 0 saturated carbocycles. The minimum atomic E-state index is -0.0330. The van der Waals surface area contributed by atoms with Crippen LogP contribution in [0.25, 0.3) is 10.9 Å². The molecule has 1 saturated heterocycles. The second-order valence-corrected chi connectivity index (χ2v) is 6.37. The van der Waals surface area contributed by atoms with E-state index in [2.05, 4.69) is 38.0 Å². The van der Waals surface area contributed by atoms with Crippen LogP contribution in [0.1, 0.15) is 6.42 Å². The molecule has 1 aliphatic heterocycles. The van der Waals surface area contributed by atoms with E-state index in [1.807, 2.05) is 30.5 Å². The first-order valence-electron chi connectivity index (χ1n) is 8.92. The van der Waals surface area contributed by atoms with Crippen LogP contribution in [0.5, 0.6) is 0 Å². The standard InChI is InChI=1S/C20H22N4O2/c25-20(8-10-24-9-7-16-3-1-2-4-18(16)24)22-19-6-5-17(15-21-19)23-11-13-26-14-12-23/h1-7,9,15H,8,10-14H2,(H,21,22,25). The van der Waals surface area contributed by atoms with Gasteiger partial charge >= 0.3 is 0 Å². The minimum absolute atomic E-state index is 0.0330. The molecule has 0 radical (unpaired) electrons. The molecule has 134 valence electrons. The van der Waals surface area contributed by atoms with Crippen LogP contribution in [0.4, 0.5) is 11.5 Å². The summed E-state index contributed by atoms with van der Waals surface area (Å²) in [7, 11) is 0. The van der Waals surface area contributed by atoms with Gasteiger partial charge in [0.2, 0.25) is 5.91 Å². The number of rotatable bonds is 5. The number of benzene rings is 1. The highest BCUT2D eigenvalue weighted by molar-refractivity contribution is 5.90. The number of nitrogens with one attached hydrogen (secondary N) is 1. The van der Waals surface area contributed by atoms with Gasteiger partial charge in [-0.15, -0.1) is 0 Å². The Labute approximate surface area is 152 Å². The number of aryl methyl sites for hydroxylation is 1. The van der Waals surface area contributed by atoms with Crippen molar-refractivity contribution >= 4 is 28.3 Å². The number of amides is 1. The Kier molecular flexibility index (Phi) is 4.84. The van der Waals surface area contributed by atoms with Crippen LogP contribution in [0.2, 0.25) is 0 Å². The lowest BCUT2D eigenvalue weighted by atomic mass is 10.2. The maximum absolute atomic E-state index is 12.2. The van der Waals surface area contributed by atoms with Crippen molar-refractivity contribution in [2.75, 3.05) is 36.5 Å². The number of pyridine rings is 1. The average molecular weight is 350 g/mol. The van der Waals surface area contributed by atoms with E-state index < -0.39 is 0 Å². The quantitative estimate of drug-likeness (QED) is 0.769. The highest BCUT2D eigenvalue weighted by Gasteiger charge is 2.12. The molecule has 1 aliphatic rings. The molecule has 6 nitrogen and oxygen atoms in total. The number of carbonyl (C=O) groups is 1. The fourth-order valence-electron chi connectivity index (χ4n) is 3.23. The van der Waals surface area contributed by atoms with Gasteiger partial charge in [0, 0.05) is 37.8 Å². The van der Waals surface area contributed by atoms with Gasteiger partial charge in [-0.2, -0.15) is 0 Å². The molecule has 1 aromatic carbocycles. The smallest absolute Gasteiger partial charge is 0.227 e. The molecule has 0 spiro atoms. The maximum atomic E-state index is 12.2. The van der Waals surface area contributed by atoms with Gasteiger partial charge in [0.25, 0.3) is 0 Å². The second kappa shape index (κ2) is 7.58. The molecule has 2 aromatic heterocycles. The molecule has 3 heterocycles. The summed E-state index contributed by atoms with van der Waals surface area (Å²) in [4.78, 5) is 18.8. The number of morpholine rings is 1. The molecule has 26 heavy (non-hydrogen) atoms. The molecular formula is C20H22N4O2. The first-order valence-corrected chi connectivity index (χ1v) is 8.92. The van der Waals surface area contributed by atoms with Crippen molar-refractivity contribution in [1.29, 1.82) is 0 Å². The van der Waals surface area contributed by atoms with Crippen molar-refractivity contribution < 1.29 is 9.53 Å². The summed E-state index contributed by atoms with van der Waals surface area (Å²) < 4.78 is 7.46. The van der Waals surface area contributed by atoms with Crippen LogP contribution in [0, 0.1) is 0 Å². The normalized spacial score (nSPS) is 14.5. The van der Waals surface area contributed by atoms with Crippen molar-refractivity contribution in [3.63, 3.8) is 0 Å². The van der Waals surface area contributed by atoms with E-state index in [4.69, 9.17) is 4.74 Å². The number of para-hydroxylation sites is 1. The Morgan fingerprint density at radius 2 is 1.96 bits per heavy atom. The average Bonchev–Trinajstić information content (AvgIpc) is 3.11. The molecule has 4 rings (SSSR count). The van der Waals surface area contributed by atoms with Crippen LogP contribution < -0.4 is 10.2 Å². The third-order valence-electron chi connectivity index (χ3n) is 4.65. The SMILES string of the molecule is O=C(CCn1ccc2ccccc21)Nc1ccc(N2CCOCC2)cn1. The predicted molar refractivity (Wildman–Crippen MR) is 102 cm³/mol. The van der Waals surface area contributed by atoms with Gasteiger partial charge in [0.15, 0.2) is 0 Å². The lowest BCUT2D eigenvalue weighted by molar-refractivity contribution is -0.116. The Hall–Kier alpha value is -2.86. The Morgan fingerprint density at radius 1 is 1.12 bits per heavy atom. The van der Waals surface area contributed by atoms with E-state index in [1.54, 1.807) is 6.20 Å². The van der Waals surface area contributed by atoms with Crippen LogP contribution >= 0.6 is 0 Å². The summed E-state index contributed by atoms with van der Waals surface area (Å²) in [6, 6.07) is 14.1. The highest BCUT2D eigenvalue weighted by atomic mass is 16.5. The molecular weight excluding hydrogens is 328 g/mol. The number of ether oxygens (including phenoxy) is 1. The number of hydrogen-bond donors (Lipinski definition) is 1. The first kappa shape index (κ1) is 16.6. The third-order valence-corrected chi connectivity index (χ3v) is 4.65. The minimum Gasteiger partial charge on any atom is -0.378 e. The Bertz CT molecular complexity index is 882. The molecule has 1 N–H and O–H groups in total. The summed E-state index contributed by atoms with van der Waals surface area (Å²) in [5.41, 5.74) is 2.21. The number of anilines is 2. The summed E-state index contributed by atoms with van der Waals surface area (Å²) >= 11 is 0. The van der Waals surface area contributed by atoms with Gasteiger partial charge < -0.3 is 19.5 Å². The zero-order valence-electron chi connectivity index (χ0n) is 14.6. The summed E-state index contributed by atoms with van der Waals surface area (Å²) in [6.45, 7) is 3.88. The van der Waals surface area contributed by atoms with E-state index in [0.717, 1.165) is 37.5 Å². The van der Waals surface area contributed by atoms with E-state index >= 15 is 0 Å². The maximum Gasteiger partial charge on any atom is 0.227 e. The van der Waals surface area contributed by atoms with E-state index in [0.29, 0.717) is 18.8 Å². The molecule has 0 bridgehead atoms. The van der Waals surface area contributed by atoms with Crippen LogP contribution in [-0.4, -0.2) is 41.8 Å². The second-order valence-electron chi connectivity index (χ2n) is 6.37. The van der Waals surface area contributed by atoms with Crippen molar-refractivity contribution in [3.05, 3.63) is 54.9 Å². The molecule has 1 fully saturated rings. The van der Waals surface area contributed by atoms with Crippen LogP contribution in [-0.2, 0) is 16.1 Å². The third kappa shape index (κ3) is 3.70. The van der Waals surface area contributed by atoms with Crippen LogP contribution in [0.15, 0.2) is 54.9 Å². The van der Waals surface area contributed by atoms with Gasteiger partial charge in [-0.1, -0.05) is 18.2 Å². The molecule has 3 aromatic rings. The van der Waals surface area contributed by atoms with Crippen LogP contribution in [0.3, 0.4) is 0 Å². The van der Waals surface area contributed by atoms with Gasteiger partial charge in [-0.3, -0.25) is 4.79 Å². The van der Waals surface area contributed by atoms with Crippen molar-refractivity contribution in [1.82, 2.24) is 9.55 Å². The number of fused-ring (bicyclic) bond motifs is 1. The lowest BCUT2D eigenvalue weighted by Crippen LogP contribution is -2.36. The summed E-state index contributed by atoms with van der Waals surface area (Å²) in [6.07, 6.45) is 4.24. The van der Waals surface area contributed by atoms with E-state index in [1.165, 1.54) is 5.39 Å². The first-order chi connectivity index (χ1) is 12.8. The fourth-order valence-corrected chi connectivity index (χ4v) is 3.23. The van der Waals surface area contributed by atoms with Gasteiger partial charge in [-0.05, 0) is 29.7 Å². The van der Waals surface area contributed by atoms with Crippen molar-refractivity contribution in [2.24, 2.45) is 0 Å². The summed E-state index contributed by atoms with van der Waals surface area (Å²) in [5.74, 6) is 0.554. The van der Waals surface area contributed by atoms with Gasteiger partial charge in [-0.25, -0.2) is 4.98 Å². The van der Waals surface area contributed by atoms with Crippen molar-refractivity contribution in [2.45, 2.75) is 13.0 Å². The molecule has 1 amide bonds. The lowest BCUT2D eigenvalue weighted by Gasteiger charge is -2.28. The molecule has 6 heteroatoms. The molecule has 0 atom stereocenters.